The maximum Gasteiger partial charge on any atom is 0.231 e. The molecule has 0 radical (unpaired) electrons. The van der Waals surface area contributed by atoms with Crippen molar-refractivity contribution >= 4 is 29.1 Å². The summed E-state index contributed by atoms with van der Waals surface area (Å²) in [6, 6.07) is 5.42. The Balaban J connectivity index is 2.08. The van der Waals surface area contributed by atoms with Gasteiger partial charge in [0.2, 0.25) is 5.91 Å². The molecule has 2 rings (SSSR count). The fraction of sp³-hybridized carbons (Fsp3) is 0.417. The van der Waals surface area contributed by atoms with Crippen LogP contribution < -0.4 is 5.73 Å². The highest BCUT2D eigenvalue weighted by Crippen LogP contribution is 2.28. The highest BCUT2D eigenvalue weighted by Gasteiger charge is 2.23. The van der Waals surface area contributed by atoms with Crippen LogP contribution in [0.2, 0.25) is 10.0 Å². The number of hydrogen-bond donors (Lipinski definition) is 1. The molecular formula is C12H14Cl2N2O2. The highest BCUT2D eigenvalue weighted by molar-refractivity contribution is 6.42. The smallest absolute Gasteiger partial charge is 0.231 e. The van der Waals surface area contributed by atoms with Crippen LogP contribution in [0.15, 0.2) is 18.2 Å². The van der Waals surface area contributed by atoms with E-state index >= 15 is 0 Å². The molecule has 1 amide bonds. The Hall–Kier alpha value is -0.810. The molecule has 1 unspecified atom stereocenters. The van der Waals surface area contributed by atoms with Gasteiger partial charge in [0.25, 0.3) is 0 Å². The Morgan fingerprint density at radius 3 is 2.89 bits per heavy atom. The summed E-state index contributed by atoms with van der Waals surface area (Å²) >= 11 is 11.9. The van der Waals surface area contributed by atoms with E-state index in [2.05, 4.69) is 0 Å². The molecule has 0 spiro atoms. The number of benzene rings is 1. The van der Waals surface area contributed by atoms with E-state index in [1.807, 2.05) is 11.0 Å². The van der Waals surface area contributed by atoms with Crippen molar-refractivity contribution in [1.29, 1.82) is 0 Å². The molecule has 98 valence electrons. The lowest BCUT2D eigenvalue weighted by Gasteiger charge is -2.32. The van der Waals surface area contributed by atoms with Gasteiger partial charge in [0.05, 0.1) is 29.3 Å². The zero-order chi connectivity index (χ0) is 13.1. The van der Waals surface area contributed by atoms with E-state index in [-0.39, 0.29) is 18.6 Å². The summed E-state index contributed by atoms with van der Waals surface area (Å²) in [5.41, 5.74) is 6.15. The second-order valence-electron chi connectivity index (χ2n) is 4.23. The van der Waals surface area contributed by atoms with Crippen molar-refractivity contribution in [2.75, 3.05) is 26.2 Å². The predicted molar refractivity (Wildman–Crippen MR) is 70.8 cm³/mol. The highest BCUT2D eigenvalue weighted by atomic mass is 35.5. The first-order valence-corrected chi connectivity index (χ1v) is 6.39. The fourth-order valence-corrected chi connectivity index (χ4v) is 2.29. The maximum absolute atomic E-state index is 10.9. The summed E-state index contributed by atoms with van der Waals surface area (Å²) < 4.78 is 5.68. The van der Waals surface area contributed by atoms with Gasteiger partial charge in [-0.3, -0.25) is 9.69 Å². The van der Waals surface area contributed by atoms with Crippen LogP contribution in [0.1, 0.15) is 11.7 Å². The number of nitrogens with zero attached hydrogens (tertiary/aromatic N) is 1. The Labute approximate surface area is 116 Å². The van der Waals surface area contributed by atoms with Crippen LogP contribution in [0.4, 0.5) is 0 Å². The number of halogens is 2. The number of nitrogens with two attached hydrogens (primary N) is 1. The average molecular weight is 289 g/mol. The average Bonchev–Trinajstić information content (AvgIpc) is 2.32. The predicted octanol–water partition coefficient (Wildman–Crippen LogP) is 1.85. The lowest BCUT2D eigenvalue weighted by Crippen LogP contribution is -2.42. The summed E-state index contributed by atoms with van der Waals surface area (Å²) in [5.74, 6) is -0.329. The SMILES string of the molecule is NC(=O)CN1CCOC(c2ccc(Cl)c(Cl)c2)C1. The minimum absolute atomic E-state index is 0.104. The molecule has 1 heterocycles. The molecule has 6 heteroatoms. The molecular weight excluding hydrogens is 275 g/mol. The van der Waals surface area contributed by atoms with E-state index in [9.17, 15) is 4.79 Å². The third-order valence-electron chi connectivity index (χ3n) is 2.85. The van der Waals surface area contributed by atoms with Gasteiger partial charge in [-0.25, -0.2) is 0 Å². The number of amides is 1. The lowest BCUT2D eigenvalue weighted by atomic mass is 10.1. The molecule has 1 aliphatic heterocycles. The van der Waals surface area contributed by atoms with Crippen molar-refractivity contribution in [3.05, 3.63) is 33.8 Å². The molecule has 4 nitrogen and oxygen atoms in total. The normalized spacial score (nSPS) is 20.9. The monoisotopic (exact) mass is 288 g/mol. The third-order valence-corrected chi connectivity index (χ3v) is 3.58. The lowest BCUT2D eigenvalue weighted by molar-refractivity contribution is -0.121. The molecule has 0 aromatic heterocycles. The summed E-state index contributed by atoms with van der Waals surface area (Å²) in [4.78, 5) is 12.9. The Morgan fingerprint density at radius 2 is 2.22 bits per heavy atom. The fourth-order valence-electron chi connectivity index (χ4n) is 1.98. The van der Waals surface area contributed by atoms with Crippen molar-refractivity contribution in [2.45, 2.75) is 6.10 Å². The van der Waals surface area contributed by atoms with E-state index < -0.39 is 0 Å². The Kier molecular flexibility index (Phi) is 4.45. The zero-order valence-corrected chi connectivity index (χ0v) is 11.2. The van der Waals surface area contributed by atoms with Crippen LogP contribution in [0.3, 0.4) is 0 Å². The molecule has 1 aromatic carbocycles. The van der Waals surface area contributed by atoms with Crippen LogP contribution in [0.5, 0.6) is 0 Å². The van der Waals surface area contributed by atoms with Crippen LogP contribution in [-0.4, -0.2) is 37.0 Å². The first-order valence-electron chi connectivity index (χ1n) is 5.63. The number of carbonyl (C=O) groups excluding carboxylic acids is 1. The van der Waals surface area contributed by atoms with Crippen molar-refractivity contribution in [1.82, 2.24) is 4.90 Å². The van der Waals surface area contributed by atoms with Crippen molar-refractivity contribution < 1.29 is 9.53 Å². The standard InChI is InChI=1S/C12H14Cl2N2O2/c13-9-2-1-8(5-10(9)14)11-6-16(3-4-18-11)7-12(15)17/h1-2,5,11H,3-4,6-7H2,(H2,15,17). The quantitative estimate of drug-likeness (QED) is 0.924. The van der Waals surface area contributed by atoms with E-state index in [0.717, 1.165) is 5.56 Å². The van der Waals surface area contributed by atoms with Crippen LogP contribution in [0.25, 0.3) is 0 Å². The number of carbonyl (C=O) groups is 1. The molecule has 18 heavy (non-hydrogen) atoms. The molecule has 0 aliphatic carbocycles. The maximum atomic E-state index is 10.9. The molecule has 1 atom stereocenters. The van der Waals surface area contributed by atoms with Gasteiger partial charge in [-0.2, -0.15) is 0 Å². The van der Waals surface area contributed by atoms with Crippen LogP contribution in [0, 0.1) is 0 Å². The van der Waals surface area contributed by atoms with Crippen LogP contribution >= 0.6 is 23.2 Å². The second kappa shape index (κ2) is 5.89. The molecule has 1 aliphatic rings. The molecule has 1 saturated heterocycles. The third kappa shape index (κ3) is 3.36. The van der Waals surface area contributed by atoms with Gasteiger partial charge in [-0.05, 0) is 17.7 Å². The topological polar surface area (TPSA) is 55.6 Å². The number of morpholine rings is 1. The summed E-state index contributed by atoms with van der Waals surface area (Å²) in [5, 5.41) is 1.02. The first kappa shape index (κ1) is 13.6. The van der Waals surface area contributed by atoms with Crippen molar-refractivity contribution in [3.8, 4) is 0 Å². The van der Waals surface area contributed by atoms with Crippen LogP contribution in [-0.2, 0) is 9.53 Å². The van der Waals surface area contributed by atoms with Gasteiger partial charge in [0.1, 0.15) is 0 Å². The van der Waals surface area contributed by atoms with Gasteiger partial charge in [-0.1, -0.05) is 29.3 Å². The van der Waals surface area contributed by atoms with Crippen molar-refractivity contribution in [3.63, 3.8) is 0 Å². The Bertz CT molecular complexity index is 454. The number of hydrogen-bond acceptors (Lipinski definition) is 3. The van der Waals surface area contributed by atoms with Gasteiger partial charge in [-0.15, -0.1) is 0 Å². The Morgan fingerprint density at radius 1 is 1.44 bits per heavy atom. The second-order valence-corrected chi connectivity index (χ2v) is 5.05. The van der Waals surface area contributed by atoms with E-state index in [0.29, 0.717) is 29.7 Å². The minimum Gasteiger partial charge on any atom is -0.371 e. The number of ether oxygens (including phenoxy) is 1. The summed E-state index contributed by atoms with van der Waals surface area (Å²) in [6.45, 7) is 2.15. The summed E-state index contributed by atoms with van der Waals surface area (Å²) in [6.07, 6.45) is -0.104. The van der Waals surface area contributed by atoms with Crippen molar-refractivity contribution in [2.24, 2.45) is 5.73 Å². The van der Waals surface area contributed by atoms with E-state index in [1.54, 1.807) is 12.1 Å². The number of rotatable bonds is 3. The minimum atomic E-state index is -0.329. The molecule has 1 aromatic rings. The molecule has 2 N–H and O–H groups in total. The molecule has 0 saturated carbocycles. The number of primary amides is 1. The van der Waals surface area contributed by atoms with E-state index in [1.165, 1.54) is 0 Å². The van der Waals surface area contributed by atoms with Gasteiger partial charge in [0, 0.05) is 13.1 Å². The largest absolute Gasteiger partial charge is 0.371 e. The van der Waals surface area contributed by atoms with Gasteiger partial charge < -0.3 is 10.5 Å². The first-order chi connectivity index (χ1) is 8.56. The van der Waals surface area contributed by atoms with Gasteiger partial charge in [0.15, 0.2) is 0 Å². The van der Waals surface area contributed by atoms with Gasteiger partial charge >= 0.3 is 0 Å². The molecule has 0 bridgehead atoms. The summed E-state index contributed by atoms with van der Waals surface area (Å²) in [7, 11) is 0. The zero-order valence-electron chi connectivity index (χ0n) is 9.73. The molecule has 1 fully saturated rings. The van der Waals surface area contributed by atoms with E-state index in [4.69, 9.17) is 33.7 Å².